The number of hydrogen-bond donors (Lipinski definition) is 4. The molecular formula is C34H39FN4O4. The van der Waals surface area contributed by atoms with Gasteiger partial charge in [0.25, 0.3) is 0 Å². The number of benzene rings is 2. The fraction of sp³-hybridized carbons (Fsp3) is 0.412. The van der Waals surface area contributed by atoms with E-state index in [2.05, 4.69) is 20.9 Å². The molecular weight excluding hydrogens is 547 g/mol. The summed E-state index contributed by atoms with van der Waals surface area (Å²) in [6.45, 7) is 5.21. The number of carbonyl (C=O) groups is 3. The summed E-state index contributed by atoms with van der Waals surface area (Å²) in [5.74, 6) is -0.219. The molecule has 5 rings (SSSR count). The molecule has 0 saturated heterocycles. The van der Waals surface area contributed by atoms with Crippen LogP contribution in [0.3, 0.4) is 0 Å². The van der Waals surface area contributed by atoms with Crippen LogP contribution in [0.1, 0.15) is 71.3 Å². The van der Waals surface area contributed by atoms with Crippen molar-refractivity contribution < 1.29 is 23.9 Å². The summed E-state index contributed by atoms with van der Waals surface area (Å²) in [5.41, 5.74) is 2.14. The van der Waals surface area contributed by atoms with Crippen LogP contribution in [0.25, 0.3) is 22.4 Å². The van der Waals surface area contributed by atoms with Crippen molar-refractivity contribution in [2.24, 2.45) is 11.3 Å². The van der Waals surface area contributed by atoms with Crippen LogP contribution in [0, 0.1) is 17.2 Å². The zero-order chi connectivity index (χ0) is 30.8. The lowest BCUT2D eigenvalue weighted by molar-refractivity contribution is -0.127. The number of halogens is 1. The van der Waals surface area contributed by atoms with Gasteiger partial charge < -0.3 is 21.1 Å². The van der Waals surface area contributed by atoms with Crippen LogP contribution in [0.5, 0.6) is 0 Å². The molecule has 8 nitrogen and oxygen atoms in total. The van der Waals surface area contributed by atoms with E-state index in [0.717, 1.165) is 49.7 Å². The van der Waals surface area contributed by atoms with E-state index in [1.165, 1.54) is 6.07 Å². The number of carbonyl (C=O) groups excluding carboxylic acids is 2. The third-order valence-electron chi connectivity index (χ3n) is 8.80. The summed E-state index contributed by atoms with van der Waals surface area (Å²) < 4.78 is 15.3. The van der Waals surface area contributed by atoms with Crippen molar-refractivity contribution in [2.75, 3.05) is 5.32 Å². The van der Waals surface area contributed by atoms with Crippen LogP contribution in [-0.2, 0) is 15.1 Å². The van der Waals surface area contributed by atoms with Crippen molar-refractivity contribution in [1.82, 2.24) is 15.6 Å². The van der Waals surface area contributed by atoms with Gasteiger partial charge in [-0.05, 0) is 76.0 Å². The molecule has 3 amide bonds. The van der Waals surface area contributed by atoms with Crippen molar-refractivity contribution in [1.29, 1.82) is 0 Å². The lowest BCUT2D eigenvalue weighted by atomic mass is 9.83. The molecule has 43 heavy (non-hydrogen) atoms. The van der Waals surface area contributed by atoms with Gasteiger partial charge in [0.15, 0.2) is 0 Å². The monoisotopic (exact) mass is 586 g/mol. The van der Waals surface area contributed by atoms with Crippen molar-refractivity contribution in [2.45, 2.75) is 77.3 Å². The second-order valence-electron chi connectivity index (χ2n) is 12.7. The molecule has 2 aliphatic carbocycles. The highest BCUT2D eigenvalue weighted by molar-refractivity contribution is 5.93. The Morgan fingerprint density at radius 2 is 1.70 bits per heavy atom. The number of rotatable bonds is 9. The number of pyridine rings is 1. The molecule has 2 fully saturated rings. The molecule has 2 saturated carbocycles. The second-order valence-corrected chi connectivity index (χ2v) is 12.7. The van der Waals surface area contributed by atoms with Gasteiger partial charge in [-0.2, -0.15) is 0 Å². The molecule has 0 atom stereocenters. The summed E-state index contributed by atoms with van der Waals surface area (Å²) >= 11 is 0. The lowest BCUT2D eigenvalue weighted by Crippen LogP contribution is -2.41. The summed E-state index contributed by atoms with van der Waals surface area (Å²) in [4.78, 5) is 41.3. The van der Waals surface area contributed by atoms with Gasteiger partial charge in [-0.25, -0.2) is 9.18 Å². The number of carboxylic acid groups (broad SMARTS) is 1. The van der Waals surface area contributed by atoms with E-state index in [9.17, 15) is 14.4 Å². The zero-order valence-electron chi connectivity index (χ0n) is 24.9. The summed E-state index contributed by atoms with van der Waals surface area (Å²) in [6, 6.07) is 16.2. The van der Waals surface area contributed by atoms with Gasteiger partial charge in [0.2, 0.25) is 11.8 Å². The standard InChI is InChI=1S/C34H39FN4O4/c1-33(2,39-32(42)43)27-14-11-23(18-28(27)35)30-26(22-7-5-4-6-8-22)19-25(20-36-30)37-29(40)17-21-9-12-24(13-10-21)38-31(41)34(3)15-16-34/h4-8,11,14,18-21,24,39H,9-10,12-13,15-17H2,1-3H3,(H,37,40)(H,38,41)(H,42,43). The van der Waals surface area contributed by atoms with Crippen LogP contribution in [-0.4, -0.2) is 34.0 Å². The van der Waals surface area contributed by atoms with Gasteiger partial charge in [-0.3, -0.25) is 14.6 Å². The Morgan fingerprint density at radius 1 is 1.00 bits per heavy atom. The largest absolute Gasteiger partial charge is 0.465 e. The molecule has 1 heterocycles. The molecule has 0 unspecified atom stereocenters. The van der Waals surface area contributed by atoms with E-state index >= 15 is 4.39 Å². The molecule has 0 bridgehead atoms. The van der Waals surface area contributed by atoms with Crippen molar-refractivity contribution in [3.63, 3.8) is 0 Å². The first-order valence-electron chi connectivity index (χ1n) is 14.9. The summed E-state index contributed by atoms with van der Waals surface area (Å²) in [6.07, 6.45) is 6.20. The number of aromatic nitrogens is 1. The Bertz CT molecular complexity index is 1510. The quantitative estimate of drug-likeness (QED) is 0.218. The lowest BCUT2D eigenvalue weighted by Gasteiger charge is -2.29. The fourth-order valence-electron chi connectivity index (χ4n) is 5.86. The van der Waals surface area contributed by atoms with E-state index in [-0.39, 0.29) is 34.8 Å². The molecule has 3 aromatic rings. The van der Waals surface area contributed by atoms with Crippen LogP contribution in [0.2, 0.25) is 0 Å². The molecule has 2 aliphatic rings. The average Bonchev–Trinajstić information content (AvgIpc) is 3.72. The van der Waals surface area contributed by atoms with Crippen LogP contribution in [0.4, 0.5) is 14.9 Å². The Kier molecular flexibility index (Phi) is 8.53. The van der Waals surface area contributed by atoms with E-state index < -0.39 is 17.4 Å². The maximum Gasteiger partial charge on any atom is 0.405 e. The second kappa shape index (κ2) is 12.1. The highest BCUT2D eigenvalue weighted by Gasteiger charge is 2.45. The maximum atomic E-state index is 15.3. The minimum Gasteiger partial charge on any atom is -0.465 e. The normalized spacial score (nSPS) is 19.3. The van der Waals surface area contributed by atoms with Gasteiger partial charge in [-0.15, -0.1) is 0 Å². The van der Waals surface area contributed by atoms with Gasteiger partial charge in [-0.1, -0.05) is 49.4 Å². The molecule has 226 valence electrons. The third-order valence-corrected chi connectivity index (χ3v) is 8.80. The maximum absolute atomic E-state index is 15.3. The number of hydrogen-bond acceptors (Lipinski definition) is 4. The first kappa shape index (κ1) is 30.2. The van der Waals surface area contributed by atoms with Crippen molar-refractivity contribution in [3.05, 3.63) is 72.2 Å². The Labute approximate surface area is 251 Å². The highest BCUT2D eigenvalue weighted by Crippen LogP contribution is 2.45. The third kappa shape index (κ3) is 7.21. The molecule has 9 heteroatoms. The predicted molar refractivity (Wildman–Crippen MR) is 164 cm³/mol. The highest BCUT2D eigenvalue weighted by atomic mass is 19.1. The van der Waals surface area contributed by atoms with Crippen molar-refractivity contribution >= 4 is 23.6 Å². The zero-order valence-corrected chi connectivity index (χ0v) is 24.9. The molecule has 0 aliphatic heterocycles. The Morgan fingerprint density at radius 3 is 2.33 bits per heavy atom. The van der Waals surface area contributed by atoms with E-state index in [1.807, 2.05) is 43.3 Å². The number of nitrogens with zero attached hydrogens (tertiary/aromatic N) is 1. The smallest absolute Gasteiger partial charge is 0.405 e. The SMILES string of the molecule is CC1(C(=O)NC2CCC(CC(=O)Nc3cnc(-c4ccc(C(C)(C)NC(=O)O)c(F)c4)c(-c4ccccc4)c3)CC2)CC1. The van der Waals surface area contributed by atoms with Crippen molar-refractivity contribution in [3.8, 4) is 22.4 Å². The van der Waals surface area contributed by atoms with Gasteiger partial charge in [0, 0.05) is 34.6 Å². The van der Waals surface area contributed by atoms with Crippen LogP contribution >= 0.6 is 0 Å². The van der Waals surface area contributed by atoms with Crippen LogP contribution in [0.15, 0.2) is 60.8 Å². The average molecular weight is 587 g/mol. The molecule has 0 radical (unpaired) electrons. The van der Waals surface area contributed by atoms with Gasteiger partial charge in [0.05, 0.1) is 23.1 Å². The van der Waals surface area contributed by atoms with Gasteiger partial charge >= 0.3 is 6.09 Å². The minimum atomic E-state index is -1.24. The summed E-state index contributed by atoms with van der Waals surface area (Å²) in [5, 5.41) is 17.7. The fourth-order valence-corrected chi connectivity index (χ4v) is 5.86. The minimum absolute atomic E-state index is 0.0879. The molecule has 2 aromatic carbocycles. The molecule has 1 aromatic heterocycles. The number of nitrogens with one attached hydrogen (secondary N) is 3. The molecule has 0 spiro atoms. The van der Waals surface area contributed by atoms with E-state index in [0.29, 0.717) is 23.4 Å². The Hall–Kier alpha value is -4.27. The first-order chi connectivity index (χ1) is 20.4. The number of anilines is 1. The van der Waals surface area contributed by atoms with E-state index in [1.54, 1.807) is 32.2 Å². The topological polar surface area (TPSA) is 120 Å². The number of amides is 3. The van der Waals surface area contributed by atoms with Gasteiger partial charge in [0.1, 0.15) is 5.82 Å². The van der Waals surface area contributed by atoms with Crippen LogP contribution < -0.4 is 16.0 Å². The molecule has 4 N–H and O–H groups in total. The first-order valence-corrected chi connectivity index (χ1v) is 14.9. The summed E-state index contributed by atoms with van der Waals surface area (Å²) in [7, 11) is 0. The van der Waals surface area contributed by atoms with E-state index in [4.69, 9.17) is 5.11 Å². The predicted octanol–water partition coefficient (Wildman–Crippen LogP) is 6.86. The Balaban J connectivity index is 1.28.